The van der Waals surface area contributed by atoms with Crippen LogP contribution in [-0.4, -0.2) is 17.3 Å². The molecule has 0 saturated carbocycles. The summed E-state index contributed by atoms with van der Waals surface area (Å²) < 4.78 is 0. The number of aliphatic imine (C=N–C) groups is 1. The molecule has 132 valence electrons. The van der Waals surface area contributed by atoms with Crippen LogP contribution in [0.25, 0.3) is 0 Å². The second-order valence-electron chi connectivity index (χ2n) is 7.37. The van der Waals surface area contributed by atoms with Gasteiger partial charge in [0.15, 0.2) is 11.6 Å². The van der Waals surface area contributed by atoms with Crippen LogP contribution in [-0.2, 0) is 9.59 Å². The lowest BCUT2D eigenvalue weighted by molar-refractivity contribution is -0.306. The van der Waals surface area contributed by atoms with Crippen molar-refractivity contribution in [3.05, 3.63) is 69.7 Å². The zero-order valence-corrected chi connectivity index (χ0v) is 15.3. The van der Waals surface area contributed by atoms with Gasteiger partial charge in [0.25, 0.3) is 0 Å². The van der Waals surface area contributed by atoms with E-state index < -0.39 is 5.41 Å². The first kappa shape index (κ1) is 16.7. The molecule has 0 saturated heterocycles. The predicted molar refractivity (Wildman–Crippen MR) is 98.1 cm³/mol. The van der Waals surface area contributed by atoms with Crippen LogP contribution in [0.4, 0.5) is 0 Å². The largest absolute Gasteiger partial charge is 0.875 e. The number of hydrogen-bond donors (Lipinski definition) is 0. The Labute approximate surface area is 152 Å². The van der Waals surface area contributed by atoms with E-state index in [0.717, 1.165) is 28.1 Å². The molecule has 4 rings (SSSR count). The minimum absolute atomic E-state index is 0.0284. The van der Waals surface area contributed by atoms with E-state index in [1.165, 1.54) is 6.08 Å². The summed E-state index contributed by atoms with van der Waals surface area (Å²) in [6.07, 6.45) is 8.82. The third-order valence-electron chi connectivity index (χ3n) is 6.28. The van der Waals surface area contributed by atoms with Gasteiger partial charge < -0.3 is 5.11 Å². The minimum Gasteiger partial charge on any atom is -0.875 e. The second kappa shape index (κ2) is 5.37. The van der Waals surface area contributed by atoms with Crippen molar-refractivity contribution in [1.29, 1.82) is 0 Å². The first-order valence-corrected chi connectivity index (χ1v) is 8.80. The summed E-state index contributed by atoms with van der Waals surface area (Å²) in [4.78, 5) is 29.6. The van der Waals surface area contributed by atoms with Crippen molar-refractivity contribution in [2.45, 2.75) is 34.1 Å². The van der Waals surface area contributed by atoms with Crippen LogP contribution >= 0.6 is 0 Å². The zero-order chi connectivity index (χ0) is 18.8. The van der Waals surface area contributed by atoms with Crippen LogP contribution in [0.1, 0.15) is 34.1 Å². The highest BCUT2D eigenvalue weighted by molar-refractivity contribution is 6.22. The first-order chi connectivity index (χ1) is 12.3. The molecule has 0 fully saturated rings. The topological polar surface area (TPSA) is 69.6 Å². The third-order valence-corrected chi connectivity index (χ3v) is 6.28. The SMILES string of the molecule is CC1=C(C)C2(C3=CC(=O)C=CC3=NC3=CCC([O-])=CC32)C(C)=C(C)C1=O. The second-order valence-corrected chi connectivity index (χ2v) is 7.37. The maximum absolute atomic E-state index is 12.7. The van der Waals surface area contributed by atoms with E-state index in [0.29, 0.717) is 17.6 Å². The Kier molecular flexibility index (Phi) is 3.45. The van der Waals surface area contributed by atoms with Crippen molar-refractivity contribution in [3.63, 3.8) is 0 Å². The van der Waals surface area contributed by atoms with Gasteiger partial charge in [0, 0.05) is 11.6 Å². The molecule has 1 spiro atoms. The number of allylic oxidation sites excluding steroid dienone is 10. The standard InChI is InChI=1S/C22H21NO3/c1-11-13(3)22(14(4)12(2)21(11)26)17-9-15(24)5-7-19(17)23-20-8-6-16(25)10-18(20)22/h5,7-10,18,25H,6H2,1-4H3/p-1. The number of nitrogens with zero attached hydrogens (tertiary/aromatic N) is 1. The van der Waals surface area contributed by atoms with Crippen molar-refractivity contribution in [2.75, 3.05) is 0 Å². The van der Waals surface area contributed by atoms with E-state index in [9.17, 15) is 14.7 Å². The average Bonchev–Trinajstić information content (AvgIpc) is 2.63. The highest BCUT2D eigenvalue weighted by Crippen LogP contribution is 2.59. The molecule has 1 heterocycles. The van der Waals surface area contributed by atoms with Gasteiger partial charge in [-0.1, -0.05) is 23.3 Å². The number of ketones is 2. The smallest absolute Gasteiger partial charge is 0.184 e. The molecule has 0 amide bonds. The van der Waals surface area contributed by atoms with Gasteiger partial charge in [0.05, 0.1) is 11.1 Å². The van der Waals surface area contributed by atoms with Crippen LogP contribution in [0.2, 0.25) is 0 Å². The highest BCUT2D eigenvalue weighted by atomic mass is 16.3. The van der Waals surface area contributed by atoms with Crippen molar-refractivity contribution in [3.8, 4) is 0 Å². The molecule has 0 radical (unpaired) electrons. The average molecular weight is 346 g/mol. The fraction of sp³-hybridized carbons (Fsp3) is 0.318. The normalized spacial score (nSPS) is 27.0. The maximum atomic E-state index is 12.7. The fourth-order valence-electron chi connectivity index (χ4n) is 4.73. The molecular formula is C22H20NO3-. The number of rotatable bonds is 0. The summed E-state index contributed by atoms with van der Waals surface area (Å²) in [5, 5.41) is 12.3. The van der Waals surface area contributed by atoms with E-state index in [2.05, 4.69) is 0 Å². The quantitative estimate of drug-likeness (QED) is 0.633. The number of Topliss-reactive ketones (excluding diaryl/α,β-unsaturated/α-hetero) is 1. The molecule has 0 aromatic carbocycles. The van der Waals surface area contributed by atoms with Crippen molar-refractivity contribution in [2.24, 2.45) is 16.3 Å². The number of hydrogen-bond acceptors (Lipinski definition) is 4. The third kappa shape index (κ3) is 1.93. The number of carbonyl (C=O) groups is 2. The van der Waals surface area contributed by atoms with Gasteiger partial charge in [-0.25, -0.2) is 0 Å². The zero-order valence-electron chi connectivity index (χ0n) is 15.3. The van der Waals surface area contributed by atoms with E-state index in [1.807, 2.05) is 33.8 Å². The van der Waals surface area contributed by atoms with Gasteiger partial charge in [-0.2, -0.15) is 0 Å². The van der Waals surface area contributed by atoms with E-state index in [-0.39, 0.29) is 23.2 Å². The highest BCUT2D eigenvalue weighted by Gasteiger charge is 2.53. The van der Waals surface area contributed by atoms with Crippen LogP contribution in [0.3, 0.4) is 0 Å². The van der Waals surface area contributed by atoms with Gasteiger partial charge in [-0.05, 0) is 69.1 Å². The van der Waals surface area contributed by atoms with E-state index >= 15 is 0 Å². The van der Waals surface area contributed by atoms with Gasteiger partial charge in [0.1, 0.15) is 0 Å². The molecule has 1 unspecified atom stereocenters. The minimum atomic E-state index is -0.707. The molecular weight excluding hydrogens is 326 g/mol. The summed E-state index contributed by atoms with van der Waals surface area (Å²) in [5.74, 6) is -0.319. The Bertz CT molecular complexity index is 964. The maximum Gasteiger partial charge on any atom is 0.184 e. The number of carbonyl (C=O) groups excluding carboxylic acids is 2. The van der Waals surface area contributed by atoms with Crippen molar-refractivity contribution < 1.29 is 14.7 Å². The molecule has 0 bridgehead atoms. The predicted octanol–water partition coefficient (Wildman–Crippen LogP) is 2.90. The Morgan fingerprint density at radius 2 is 1.73 bits per heavy atom. The van der Waals surface area contributed by atoms with Crippen LogP contribution in [0, 0.1) is 11.3 Å². The Morgan fingerprint density at radius 1 is 1.08 bits per heavy atom. The lowest BCUT2D eigenvalue weighted by atomic mass is 9.53. The van der Waals surface area contributed by atoms with E-state index in [1.54, 1.807) is 18.2 Å². The van der Waals surface area contributed by atoms with Crippen LogP contribution in [0.5, 0.6) is 0 Å². The molecule has 0 N–H and O–H groups in total. The summed E-state index contributed by atoms with van der Waals surface area (Å²) in [6.45, 7) is 7.55. The Morgan fingerprint density at radius 3 is 2.38 bits per heavy atom. The molecule has 4 nitrogen and oxygen atoms in total. The molecule has 26 heavy (non-hydrogen) atoms. The summed E-state index contributed by atoms with van der Waals surface area (Å²) >= 11 is 0. The first-order valence-electron chi connectivity index (χ1n) is 8.80. The van der Waals surface area contributed by atoms with Gasteiger partial charge in [-0.3, -0.25) is 14.6 Å². The molecule has 0 aromatic heterocycles. The van der Waals surface area contributed by atoms with Crippen molar-refractivity contribution in [1.82, 2.24) is 0 Å². The fourth-order valence-corrected chi connectivity index (χ4v) is 4.73. The lowest BCUT2D eigenvalue weighted by Crippen LogP contribution is -2.46. The van der Waals surface area contributed by atoms with Gasteiger partial charge in [0.2, 0.25) is 0 Å². The van der Waals surface area contributed by atoms with Crippen LogP contribution < -0.4 is 5.11 Å². The van der Waals surface area contributed by atoms with E-state index in [4.69, 9.17) is 4.99 Å². The van der Waals surface area contributed by atoms with Crippen molar-refractivity contribution >= 4 is 17.3 Å². The molecule has 4 aliphatic rings. The molecule has 1 atom stereocenters. The molecule has 4 heteroatoms. The molecule has 3 aliphatic carbocycles. The molecule has 1 aliphatic heterocycles. The Balaban J connectivity index is 2.14. The summed E-state index contributed by atoms with van der Waals surface area (Å²) in [5.41, 5.74) is 4.82. The molecule has 0 aromatic rings. The monoisotopic (exact) mass is 346 g/mol. The van der Waals surface area contributed by atoms with Gasteiger partial charge >= 0.3 is 0 Å². The number of fused-ring (bicyclic) bond motifs is 4. The lowest BCUT2D eigenvalue weighted by Gasteiger charge is -2.51. The summed E-state index contributed by atoms with van der Waals surface area (Å²) in [7, 11) is 0. The van der Waals surface area contributed by atoms with Gasteiger partial charge in [-0.15, -0.1) is 5.76 Å². The van der Waals surface area contributed by atoms with Crippen LogP contribution in [0.15, 0.2) is 74.7 Å². The summed E-state index contributed by atoms with van der Waals surface area (Å²) in [6, 6.07) is 0. The Hall–Kier alpha value is -2.75.